The minimum atomic E-state index is -2.93. The van der Waals surface area contributed by atoms with Gasteiger partial charge >= 0.3 is 0 Å². The van der Waals surface area contributed by atoms with Crippen LogP contribution in [0.4, 0.5) is 14.5 Å². The van der Waals surface area contributed by atoms with Crippen LogP contribution in [0.2, 0.25) is 0 Å². The van der Waals surface area contributed by atoms with Crippen LogP contribution in [0.3, 0.4) is 0 Å². The molecule has 2 fully saturated rings. The van der Waals surface area contributed by atoms with Crippen molar-refractivity contribution in [2.75, 3.05) is 25.0 Å². The van der Waals surface area contributed by atoms with Gasteiger partial charge in [-0.05, 0) is 38.4 Å². The molecule has 152 valence electrons. The molecule has 2 atom stereocenters. The summed E-state index contributed by atoms with van der Waals surface area (Å²) >= 11 is 0. The fourth-order valence-electron chi connectivity index (χ4n) is 3.61. The molecule has 2 aliphatic heterocycles. The van der Waals surface area contributed by atoms with Crippen LogP contribution in [0, 0.1) is 0 Å². The molecule has 9 heteroatoms. The lowest BCUT2D eigenvalue weighted by Crippen LogP contribution is -2.48. The fourth-order valence-corrected chi connectivity index (χ4v) is 3.61. The number of pyridine rings is 1. The molecule has 2 amide bonds. The van der Waals surface area contributed by atoms with Gasteiger partial charge in [-0.25, -0.2) is 8.78 Å². The van der Waals surface area contributed by atoms with Crippen LogP contribution >= 0.6 is 0 Å². The first-order valence-corrected chi connectivity index (χ1v) is 9.40. The van der Waals surface area contributed by atoms with Crippen molar-refractivity contribution >= 4 is 23.3 Å². The number of piperidine rings is 2. The van der Waals surface area contributed by atoms with Crippen molar-refractivity contribution < 1.29 is 23.2 Å². The average molecular weight is 394 g/mol. The Hall–Kier alpha value is -2.42. The second-order valence-electron chi connectivity index (χ2n) is 7.45. The summed E-state index contributed by atoms with van der Waals surface area (Å²) in [6, 6.07) is 2.64. The molecule has 0 saturated carbocycles. The Bertz CT molecular complexity index is 754. The van der Waals surface area contributed by atoms with E-state index >= 15 is 0 Å². The molecule has 0 aliphatic carbocycles. The van der Waals surface area contributed by atoms with E-state index in [1.54, 1.807) is 17.0 Å². The second kappa shape index (κ2) is 8.30. The molecule has 2 N–H and O–H groups in total. The Labute approximate surface area is 161 Å². The SMILES string of the molecule is CC(=O)CCN1CCC(c2ccc(NC3CCC(=O)NC3=O)cn2)C(F)(F)C1. The number of nitrogens with one attached hydrogen (secondary N) is 2. The van der Waals surface area contributed by atoms with Crippen molar-refractivity contribution in [3.8, 4) is 0 Å². The van der Waals surface area contributed by atoms with Gasteiger partial charge in [0.15, 0.2) is 0 Å². The van der Waals surface area contributed by atoms with E-state index < -0.39 is 23.8 Å². The number of Topliss-reactive ketones (excluding diaryl/α,β-unsaturated/α-hetero) is 1. The van der Waals surface area contributed by atoms with Crippen LogP contribution in [-0.4, -0.2) is 59.1 Å². The zero-order valence-electron chi connectivity index (χ0n) is 15.7. The number of hydrogen-bond donors (Lipinski definition) is 2. The summed E-state index contributed by atoms with van der Waals surface area (Å²) in [5.74, 6) is -4.62. The van der Waals surface area contributed by atoms with Gasteiger partial charge in [-0.2, -0.15) is 0 Å². The summed E-state index contributed by atoms with van der Waals surface area (Å²) in [6.45, 7) is 1.91. The number of nitrogens with zero attached hydrogens (tertiary/aromatic N) is 2. The first-order valence-electron chi connectivity index (χ1n) is 9.40. The Morgan fingerprint density at radius 3 is 2.75 bits per heavy atom. The standard InChI is InChI=1S/C19H24F2N4O3/c1-12(26)6-8-25-9-7-14(19(20,21)11-25)15-3-2-13(10-22-15)23-16-4-5-17(27)24-18(16)28/h2-3,10,14,16,23H,4-9,11H2,1H3,(H,24,27,28). The van der Waals surface area contributed by atoms with Gasteiger partial charge in [0.25, 0.3) is 5.92 Å². The van der Waals surface area contributed by atoms with Gasteiger partial charge in [0, 0.05) is 25.1 Å². The molecule has 1 aromatic rings. The van der Waals surface area contributed by atoms with E-state index in [1.807, 2.05) is 0 Å². The number of carbonyl (C=O) groups excluding carboxylic acids is 3. The fraction of sp³-hybridized carbons (Fsp3) is 0.579. The number of halogens is 2. The molecule has 7 nitrogen and oxygen atoms in total. The highest BCUT2D eigenvalue weighted by Crippen LogP contribution is 2.39. The van der Waals surface area contributed by atoms with Crippen LogP contribution < -0.4 is 10.6 Å². The summed E-state index contributed by atoms with van der Waals surface area (Å²) in [5.41, 5.74) is 0.852. The van der Waals surface area contributed by atoms with E-state index in [9.17, 15) is 23.2 Å². The molecule has 2 saturated heterocycles. The number of imide groups is 1. The number of carbonyl (C=O) groups is 3. The normalized spacial score (nSPS) is 25.2. The first-order chi connectivity index (χ1) is 13.2. The summed E-state index contributed by atoms with van der Waals surface area (Å²) < 4.78 is 29.2. The highest BCUT2D eigenvalue weighted by molar-refractivity contribution is 6.01. The zero-order valence-corrected chi connectivity index (χ0v) is 15.7. The van der Waals surface area contributed by atoms with Gasteiger partial charge in [0.2, 0.25) is 11.8 Å². The molecule has 28 heavy (non-hydrogen) atoms. The molecule has 0 spiro atoms. The molecule has 0 radical (unpaired) electrons. The van der Waals surface area contributed by atoms with Gasteiger partial charge in [-0.3, -0.25) is 29.6 Å². The maximum Gasteiger partial charge on any atom is 0.268 e. The number of amides is 2. The van der Waals surface area contributed by atoms with Gasteiger partial charge in [0.05, 0.1) is 24.3 Å². The lowest BCUT2D eigenvalue weighted by Gasteiger charge is -2.38. The van der Waals surface area contributed by atoms with Crippen molar-refractivity contribution in [2.24, 2.45) is 0 Å². The Morgan fingerprint density at radius 2 is 2.14 bits per heavy atom. The van der Waals surface area contributed by atoms with Crippen molar-refractivity contribution in [3.05, 3.63) is 24.0 Å². The molecule has 2 aliphatic rings. The van der Waals surface area contributed by atoms with Crippen LogP contribution in [0.25, 0.3) is 0 Å². The lowest BCUT2D eigenvalue weighted by atomic mass is 9.89. The number of alkyl halides is 2. The molecule has 2 unspecified atom stereocenters. The summed E-state index contributed by atoms with van der Waals surface area (Å²) in [5, 5.41) is 5.24. The molecule has 0 aromatic carbocycles. The van der Waals surface area contributed by atoms with Crippen LogP contribution in [0.5, 0.6) is 0 Å². The van der Waals surface area contributed by atoms with Crippen molar-refractivity contribution in [1.29, 1.82) is 0 Å². The molecule has 3 heterocycles. The number of ketones is 1. The maximum atomic E-state index is 14.6. The van der Waals surface area contributed by atoms with Gasteiger partial charge in [-0.15, -0.1) is 0 Å². The largest absolute Gasteiger partial charge is 0.372 e. The van der Waals surface area contributed by atoms with Crippen molar-refractivity contribution in [2.45, 2.75) is 50.5 Å². The number of likely N-dealkylation sites (tertiary alicyclic amines) is 1. The van der Waals surface area contributed by atoms with E-state index in [0.717, 1.165) is 0 Å². The van der Waals surface area contributed by atoms with Crippen molar-refractivity contribution in [3.63, 3.8) is 0 Å². The minimum absolute atomic E-state index is 0.00814. The number of anilines is 1. The van der Waals surface area contributed by atoms with E-state index in [4.69, 9.17) is 0 Å². The lowest BCUT2D eigenvalue weighted by molar-refractivity contribution is -0.133. The van der Waals surface area contributed by atoms with Crippen LogP contribution in [0.15, 0.2) is 18.3 Å². The van der Waals surface area contributed by atoms with Gasteiger partial charge in [-0.1, -0.05) is 0 Å². The predicted molar refractivity (Wildman–Crippen MR) is 98.1 cm³/mol. The van der Waals surface area contributed by atoms with E-state index in [0.29, 0.717) is 30.9 Å². The van der Waals surface area contributed by atoms with Crippen LogP contribution in [0.1, 0.15) is 44.2 Å². The summed E-state index contributed by atoms with van der Waals surface area (Å²) in [6.07, 6.45) is 2.61. The number of hydrogen-bond acceptors (Lipinski definition) is 6. The Morgan fingerprint density at radius 1 is 1.36 bits per heavy atom. The minimum Gasteiger partial charge on any atom is -0.372 e. The zero-order chi connectivity index (χ0) is 20.3. The molecular formula is C19H24F2N4O3. The quantitative estimate of drug-likeness (QED) is 0.714. The smallest absolute Gasteiger partial charge is 0.268 e. The molecule has 3 rings (SSSR count). The highest BCUT2D eigenvalue weighted by Gasteiger charge is 2.45. The van der Waals surface area contributed by atoms with E-state index in [-0.39, 0.29) is 37.5 Å². The third-order valence-corrected chi connectivity index (χ3v) is 5.18. The highest BCUT2D eigenvalue weighted by atomic mass is 19.3. The third kappa shape index (κ3) is 4.89. The monoisotopic (exact) mass is 394 g/mol. The first kappa shape index (κ1) is 20.3. The summed E-state index contributed by atoms with van der Waals surface area (Å²) in [4.78, 5) is 39.9. The number of rotatable bonds is 6. The third-order valence-electron chi connectivity index (χ3n) is 5.18. The molecule has 1 aromatic heterocycles. The van der Waals surface area contributed by atoms with E-state index in [1.165, 1.54) is 13.1 Å². The summed E-state index contributed by atoms with van der Waals surface area (Å²) in [7, 11) is 0. The Kier molecular flexibility index (Phi) is 6.02. The molecular weight excluding hydrogens is 370 g/mol. The Balaban J connectivity index is 1.61. The van der Waals surface area contributed by atoms with Crippen molar-refractivity contribution in [1.82, 2.24) is 15.2 Å². The second-order valence-corrected chi connectivity index (χ2v) is 7.45. The topological polar surface area (TPSA) is 91.4 Å². The van der Waals surface area contributed by atoms with E-state index in [2.05, 4.69) is 15.6 Å². The van der Waals surface area contributed by atoms with Gasteiger partial charge < -0.3 is 5.32 Å². The van der Waals surface area contributed by atoms with Gasteiger partial charge in [0.1, 0.15) is 11.8 Å². The predicted octanol–water partition coefficient (Wildman–Crippen LogP) is 1.70. The average Bonchev–Trinajstić information content (AvgIpc) is 2.62. The number of aromatic nitrogens is 1. The maximum absolute atomic E-state index is 14.6. The molecule has 0 bridgehead atoms. The van der Waals surface area contributed by atoms with Crippen LogP contribution in [-0.2, 0) is 14.4 Å².